The number of anilines is 1. The van der Waals surface area contributed by atoms with Crippen molar-refractivity contribution in [2.75, 3.05) is 31.1 Å². The van der Waals surface area contributed by atoms with E-state index in [4.69, 9.17) is 4.42 Å². The van der Waals surface area contributed by atoms with Gasteiger partial charge in [0, 0.05) is 38.6 Å². The van der Waals surface area contributed by atoms with Gasteiger partial charge in [0.2, 0.25) is 5.95 Å². The van der Waals surface area contributed by atoms with Crippen LogP contribution < -0.4 is 10.2 Å². The first-order chi connectivity index (χ1) is 14.2. The summed E-state index contributed by atoms with van der Waals surface area (Å²) in [6.45, 7) is 2.53. The number of rotatable bonds is 5. The maximum Gasteiger partial charge on any atom is 0.289 e. The van der Waals surface area contributed by atoms with Gasteiger partial charge < -0.3 is 19.5 Å². The molecule has 0 unspecified atom stereocenters. The summed E-state index contributed by atoms with van der Waals surface area (Å²) < 4.78 is 5.18. The first-order valence-corrected chi connectivity index (χ1v) is 9.29. The smallest absolute Gasteiger partial charge is 0.289 e. The van der Waals surface area contributed by atoms with Crippen molar-refractivity contribution in [3.63, 3.8) is 0 Å². The topological polar surface area (TPSA) is 104 Å². The third kappa shape index (κ3) is 4.40. The molecule has 0 saturated carbocycles. The van der Waals surface area contributed by atoms with Crippen LogP contribution in [0.2, 0.25) is 0 Å². The lowest BCUT2D eigenvalue weighted by molar-refractivity contribution is 0.0714. The maximum atomic E-state index is 12.4. The largest absolute Gasteiger partial charge is 0.459 e. The Kier molecular flexibility index (Phi) is 5.46. The van der Waals surface area contributed by atoms with Crippen LogP contribution in [-0.2, 0) is 6.54 Å². The summed E-state index contributed by atoms with van der Waals surface area (Å²) >= 11 is 0. The fourth-order valence-corrected chi connectivity index (χ4v) is 3.06. The highest BCUT2D eigenvalue weighted by molar-refractivity contribution is 5.92. The zero-order valence-electron chi connectivity index (χ0n) is 15.7. The molecule has 29 heavy (non-hydrogen) atoms. The monoisotopic (exact) mass is 392 g/mol. The first-order valence-electron chi connectivity index (χ1n) is 9.29. The van der Waals surface area contributed by atoms with Crippen LogP contribution in [0, 0.1) is 0 Å². The number of furan rings is 1. The summed E-state index contributed by atoms with van der Waals surface area (Å²) in [7, 11) is 0. The number of aromatic nitrogens is 3. The second kappa shape index (κ2) is 8.51. The van der Waals surface area contributed by atoms with E-state index in [0.717, 1.165) is 5.69 Å². The number of hydrogen-bond donors (Lipinski definition) is 1. The molecule has 0 aliphatic carbocycles. The summed E-state index contributed by atoms with van der Waals surface area (Å²) in [6, 6.07) is 10.5. The van der Waals surface area contributed by atoms with Gasteiger partial charge >= 0.3 is 0 Å². The zero-order chi connectivity index (χ0) is 20.1. The van der Waals surface area contributed by atoms with Crippen molar-refractivity contribution >= 4 is 17.8 Å². The minimum absolute atomic E-state index is 0.127. The molecule has 1 saturated heterocycles. The predicted octanol–water partition coefficient (Wildman–Crippen LogP) is 1.36. The number of hydrogen-bond acceptors (Lipinski definition) is 7. The number of amides is 2. The number of carbonyl (C=O) groups is 2. The molecule has 1 N–H and O–H groups in total. The van der Waals surface area contributed by atoms with E-state index < -0.39 is 0 Å². The molecule has 0 bridgehead atoms. The van der Waals surface area contributed by atoms with Crippen LogP contribution in [0.1, 0.15) is 26.7 Å². The van der Waals surface area contributed by atoms with Gasteiger partial charge in [-0.25, -0.2) is 9.97 Å². The number of nitrogens with zero attached hydrogens (tertiary/aromatic N) is 5. The van der Waals surface area contributed by atoms with E-state index in [9.17, 15) is 9.59 Å². The Morgan fingerprint density at radius 1 is 1.00 bits per heavy atom. The molecule has 1 aliphatic rings. The third-order valence-electron chi connectivity index (χ3n) is 4.61. The van der Waals surface area contributed by atoms with Crippen molar-refractivity contribution < 1.29 is 14.0 Å². The second-order valence-corrected chi connectivity index (χ2v) is 6.50. The lowest BCUT2D eigenvalue weighted by atomic mass is 10.3. The first kappa shape index (κ1) is 18.6. The maximum absolute atomic E-state index is 12.4. The summed E-state index contributed by atoms with van der Waals surface area (Å²) in [6.07, 6.45) is 4.74. The highest BCUT2D eigenvalue weighted by Crippen LogP contribution is 2.14. The van der Waals surface area contributed by atoms with E-state index in [-0.39, 0.29) is 11.8 Å². The van der Waals surface area contributed by atoms with Crippen molar-refractivity contribution in [3.05, 3.63) is 72.2 Å². The SMILES string of the molecule is O=C(NCc1ccccn1)c1ccnc(N2CCN(C(=O)c3ccco3)CC2)n1. The molecule has 3 aromatic heterocycles. The molecule has 0 spiro atoms. The predicted molar refractivity (Wildman–Crippen MR) is 104 cm³/mol. The van der Waals surface area contributed by atoms with Crippen LogP contribution in [0.4, 0.5) is 5.95 Å². The fourth-order valence-electron chi connectivity index (χ4n) is 3.06. The van der Waals surface area contributed by atoms with E-state index in [0.29, 0.717) is 50.1 Å². The van der Waals surface area contributed by atoms with Crippen LogP contribution >= 0.6 is 0 Å². The van der Waals surface area contributed by atoms with Crippen molar-refractivity contribution in [1.82, 2.24) is 25.2 Å². The Bertz CT molecular complexity index is 969. The average Bonchev–Trinajstić information content (AvgIpc) is 3.33. The molecule has 9 nitrogen and oxygen atoms in total. The van der Waals surface area contributed by atoms with Gasteiger partial charge in [-0.05, 0) is 30.3 Å². The molecule has 0 radical (unpaired) electrons. The molecule has 4 heterocycles. The van der Waals surface area contributed by atoms with E-state index in [1.54, 1.807) is 35.5 Å². The molecule has 9 heteroatoms. The van der Waals surface area contributed by atoms with Gasteiger partial charge in [0.05, 0.1) is 18.5 Å². The third-order valence-corrected chi connectivity index (χ3v) is 4.61. The molecule has 2 amide bonds. The number of nitrogens with one attached hydrogen (secondary N) is 1. The Morgan fingerprint density at radius 2 is 1.86 bits per heavy atom. The Morgan fingerprint density at radius 3 is 2.59 bits per heavy atom. The Hall–Kier alpha value is -3.75. The van der Waals surface area contributed by atoms with Crippen LogP contribution in [0.15, 0.2) is 59.5 Å². The van der Waals surface area contributed by atoms with Gasteiger partial charge in [-0.1, -0.05) is 6.07 Å². The normalized spacial score (nSPS) is 13.9. The molecular formula is C20H20N6O3. The standard InChI is InChI=1S/C20H20N6O3/c27-18(23-14-15-4-1-2-7-21-15)16-6-8-22-20(24-16)26-11-9-25(10-12-26)19(28)17-5-3-13-29-17/h1-8,13H,9-12,14H2,(H,23,27). The van der Waals surface area contributed by atoms with Gasteiger partial charge in [0.25, 0.3) is 11.8 Å². The second-order valence-electron chi connectivity index (χ2n) is 6.50. The Balaban J connectivity index is 1.35. The van der Waals surface area contributed by atoms with Crippen molar-refractivity contribution in [2.24, 2.45) is 0 Å². The quantitative estimate of drug-likeness (QED) is 0.699. The van der Waals surface area contributed by atoms with E-state index in [1.165, 1.54) is 6.26 Å². The summed E-state index contributed by atoms with van der Waals surface area (Å²) in [4.78, 5) is 41.3. The molecule has 148 valence electrons. The van der Waals surface area contributed by atoms with Crippen LogP contribution in [0.3, 0.4) is 0 Å². The van der Waals surface area contributed by atoms with Crippen molar-refractivity contribution in [3.8, 4) is 0 Å². The molecular weight excluding hydrogens is 372 g/mol. The van der Waals surface area contributed by atoms with Crippen molar-refractivity contribution in [1.29, 1.82) is 0 Å². The summed E-state index contributed by atoms with van der Waals surface area (Å²) in [5.41, 5.74) is 1.06. The fraction of sp³-hybridized carbons (Fsp3) is 0.250. The molecule has 3 aromatic rings. The van der Waals surface area contributed by atoms with Gasteiger partial charge in [0.1, 0.15) is 5.69 Å². The van der Waals surface area contributed by atoms with Gasteiger partial charge in [-0.3, -0.25) is 14.6 Å². The molecule has 0 atom stereocenters. The van der Waals surface area contributed by atoms with Crippen LogP contribution in [0.5, 0.6) is 0 Å². The lowest BCUT2D eigenvalue weighted by Gasteiger charge is -2.34. The highest BCUT2D eigenvalue weighted by Gasteiger charge is 2.25. The van der Waals surface area contributed by atoms with Gasteiger partial charge in [0.15, 0.2) is 5.76 Å². The molecule has 1 aliphatic heterocycles. The number of piperazine rings is 1. The highest BCUT2D eigenvalue weighted by atomic mass is 16.3. The molecule has 4 rings (SSSR count). The molecule has 0 aromatic carbocycles. The minimum atomic E-state index is -0.286. The Labute approximate surface area is 167 Å². The molecule has 1 fully saturated rings. The van der Waals surface area contributed by atoms with Crippen molar-refractivity contribution in [2.45, 2.75) is 6.54 Å². The van der Waals surface area contributed by atoms with Gasteiger partial charge in [-0.15, -0.1) is 0 Å². The van der Waals surface area contributed by atoms with Crippen LogP contribution in [0.25, 0.3) is 0 Å². The minimum Gasteiger partial charge on any atom is -0.459 e. The van der Waals surface area contributed by atoms with E-state index >= 15 is 0 Å². The summed E-state index contributed by atoms with van der Waals surface area (Å²) in [5.74, 6) is 0.394. The lowest BCUT2D eigenvalue weighted by Crippen LogP contribution is -2.49. The number of pyridine rings is 1. The number of carbonyl (C=O) groups excluding carboxylic acids is 2. The van der Waals surface area contributed by atoms with E-state index in [2.05, 4.69) is 20.3 Å². The summed E-state index contributed by atoms with van der Waals surface area (Å²) in [5, 5.41) is 2.81. The van der Waals surface area contributed by atoms with Gasteiger partial charge in [-0.2, -0.15) is 0 Å². The average molecular weight is 392 g/mol. The van der Waals surface area contributed by atoms with E-state index in [1.807, 2.05) is 23.1 Å². The zero-order valence-corrected chi connectivity index (χ0v) is 15.7. The van der Waals surface area contributed by atoms with Crippen LogP contribution in [-0.4, -0.2) is 57.8 Å².